The maximum Gasteiger partial charge on any atom is 0.245 e. The second kappa shape index (κ2) is 8.64. The SMILES string of the molecule is O=C(CN1C(C(=O)c2ccccc2)C(=O)c2ccccc2S1(=O)=O)Nc1ccc(F)cc1F. The number of anilines is 1. The van der Waals surface area contributed by atoms with Gasteiger partial charge in [-0.2, -0.15) is 4.31 Å². The topological polar surface area (TPSA) is 101 Å². The highest BCUT2D eigenvalue weighted by Gasteiger charge is 2.48. The van der Waals surface area contributed by atoms with E-state index in [1.807, 2.05) is 0 Å². The first-order valence-corrected chi connectivity index (χ1v) is 11.1. The van der Waals surface area contributed by atoms with E-state index in [0.29, 0.717) is 10.4 Å². The van der Waals surface area contributed by atoms with Crippen molar-refractivity contribution in [2.24, 2.45) is 0 Å². The van der Waals surface area contributed by atoms with Crippen molar-refractivity contribution >= 4 is 33.2 Å². The molecule has 7 nitrogen and oxygen atoms in total. The van der Waals surface area contributed by atoms with Crippen LogP contribution in [-0.4, -0.2) is 42.8 Å². The molecule has 0 aliphatic carbocycles. The molecule has 1 N–H and O–H groups in total. The zero-order valence-electron chi connectivity index (χ0n) is 16.9. The average molecular weight is 470 g/mol. The average Bonchev–Trinajstić information content (AvgIpc) is 2.80. The van der Waals surface area contributed by atoms with Crippen LogP contribution in [0.25, 0.3) is 0 Å². The summed E-state index contributed by atoms with van der Waals surface area (Å²) in [5.74, 6) is -4.53. The van der Waals surface area contributed by atoms with Gasteiger partial charge >= 0.3 is 0 Å². The fourth-order valence-electron chi connectivity index (χ4n) is 3.55. The number of ketones is 2. The molecule has 0 radical (unpaired) electrons. The third-order valence-electron chi connectivity index (χ3n) is 5.09. The van der Waals surface area contributed by atoms with E-state index in [1.54, 1.807) is 18.2 Å². The normalized spacial score (nSPS) is 17.3. The number of hydrogen-bond donors (Lipinski definition) is 1. The van der Waals surface area contributed by atoms with Crippen molar-refractivity contribution in [1.82, 2.24) is 4.31 Å². The summed E-state index contributed by atoms with van der Waals surface area (Å²) in [7, 11) is -4.45. The quantitative estimate of drug-likeness (QED) is 0.456. The molecule has 0 saturated carbocycles. The lowest BCUT2D eigenvalue weighted by molar-refractivity contribution is -0.116. The fourth-order valence-corrected chi connectivity index (χ4v) is 5.25. The highest BCUT2D eigenvalue weighted by Crippen LogP contribution is 2.31. The number of hydrogen-bond acceptors (Lipinski definition) is 5. The van der Waals surface area contributed by atoms with Gasteiger partial charge in [-0.25, -0.2) is 17.2 Å². The molecule has 4 rings (SSSR count). The minimum absolute atomic E-state index is 0.0837. The van der Waals surface area contributed by atoms with E-state index in [-0.39, 0.29) is 21.7 Å². The zero-order chi connectivity index (χ0) is 23.8. The predicted octanol–water partition coefficient (Wildman–Crippen LogP) is 3.04. The van der Waals surface area contributed by atoms with Crippen molar-refractivity contribution in [2.75, 3.05) is 11.9 Å². The van der Waals surface area contributed by atoms with Gasteiger partial charge in [0.25, 0.3) is 0 Å². The molecule has 1 atom stereocenters. The minimum Gasteiger partial charge on any atom is -0.322 e. The number of sulfonamides is 1. The Morgan fingerprint density at radius 3 is 2.30 bits per heavy atom. The van der Waals surface area contributed by atoms with E-state index in [4.69, 9.17) is 0 Å². The van der Waals surface area contributed by atoms with Crippen LogP contribution in [0.2, 0.25) is 0 Å². The minimum atomic E-state index is -4.45. The first-order valence-electron chi connectivity index (χ1n) is 9.69. The molecule has 33 heavy (non-hydrogen) atoms. The highest BCUT2D eigenvalue weighted by molar-refractivity contribution is 7.89. The molecular weight excluding hydrogens is 454 g/mol. The van der Waals surface area contributed by atoms with Crippen molar-refractivity contribution < 1.29 is 31.6 Å². The lowest BCUT2D eigenvalue weighted by Gasteiger charge is -2.33. The van der Waals surface area contributed by atoms with Crippen LogP contribution in [0.15, 0.2) is 77.7 Å². The Balaban J connectivity index is 1.74. The molecule has 1 aliphatic rings. The van der Waals surface area contributed by atoms with Gasteiger partial charge in [-0.1, -0.05) is 42.5 Å². The molecule has 3 aromatic carbocycles. The van der Waals surface area contributed by atoms with Crippen LogP contribution in [0.1, 0.15) is 20.7 Å². The number of rotatable bonds is 5. The van der Waals surface area contributed by atoms with Gasteiger partial charge in [0.05, 0.1) is 17.1 Å². The molecular formula is C23H16F2N2O5S. The monoisotopic (exact) mass is 470 g/mol. The number of benzene rings is 3. The van der Waals surface area contributed by atoms with Gasteiger partial charge in [-0.05, 0) is 24.3 Å². The predicted molar refractivity (Wildman–Crippen MR) is 114 cm³/mol. The number of nitrogens with zero attached hydrogens (tertiary/aromatic N) is 1. The summed E-state index contributed by atoms with van der Waals surface area (Å²) in [6.45, 7) is -0.942. The molecule has 1 heterocycles. The molecule has 1 aliphatic heterocycles. The van der Waals surface area contributed by atoms with Gasteiger partial charge in [0.15, 0.2) is 17.6 Å². The Bertz CT molecular complexity index is 1380. The first-order chi connectivity index (χ1) is 15.7. The number of nitrogens with one attached hydrogen (secondary N) is 1. The van der Waals surface area contributed by atoms with Crippen molar-refractivity contribution in [3.05, 3.63) is 95.6 Å². The lowest BCUT2D eigenvalue weighted by Crippen LogP contribution is -2.55. The van der Waals surface area contributed by atoms with Gasteiger partial charge in [-0.3, -0.25) is 14.4 Å². The standard InChI is InChI=1S/C23H16F2N2O5S/c24-15-10-11-18(17(25)12-15)26-20(28)13-27-21(22(29)14-6-2-1-3-7-14)23(30)16-8-4-5-9-19(16)33(27,31)32/h1-12,21H,13H2,(H,26,28). The number of halogens is 2. The van der Waals surface area contributed by atoms with Gasteiger partial charge in [0, 0.05) is 17.2 Å². The Hall–Kier alpha value is -3.76. The van der Waals surface area contributed by atoms with Gasteiger partial charge < -0.3 is 5.32 Å². The number of amides is 1. The molecule has 10 heteroatoms. The van der Waals surface area contributed by atoms with E-state index in [0.717, 1.165) is 12.1 Å². The molecule has 0 aromatic heterocycles. The van der Waals surface area contributed by atoms with E-state index in [1.165, 1.54) is 36.4 Å². The Morgan fingerprint density at radius 1 is 0.939 bits per heavy atom. The van der Waals surface area contributed by atoms with Gasteiger partial charge in [0.1, 0.15) is 11.6 Å². The molecule has 0 bridgehead atoms. The summed E-state index contributed by atoms with van der Waals surface area (Å²) in [5, 5.41) is 2.15. The van der Waals surface area contributed by atoms with Crippen LogP contribution in [-0.2, 0) is 14.8 Å². The molecule has 0 spiro atoms. The van der Waals surface area contributed by atoms with Crippen molar-refractivity contribution in [1.29, 1.82) is 0 Å². The van der Waals surface area contributed by atoms with Gasteiger partial charge in [0.2, 0.25) is 15.9 Å². The highest BCUT2D eigenvalue weighted by atomic mass is 32.2. The molecule has 1 unspecified atom stereocenters. The molecule has 0 fully saturated rings. The number of Topliss-reactive ketones (excluding diaryl/α,β-unsaturated/α-hetero) is 2. The maximum atomic E-state index is 13.9. The van der Waals surface area contributed by atoms with Crippen LogP contribution in [0, 0.1) is 11.6 Å². The van der Waals surface area contributed by atoms with E-state index < -0.39 is 51.7 Å². The van der Waals surface area contributed by atoms with E-state index in [9.17, 15) is 31.6 Å². The summed E-state index contributed by atoms with van der Waals surface area (Å²) in [6, 6.07) is 13.6. The summed E-state index contributed by atoms with van der Waals surface area (Å²) in [4.78, 5) is 38.7. The lowest BCUT2D eigenvalue weighted by atomic mass is 9.96. The number of carbonyl (C=O) groups is 3. The maximum absolute atomic E-state index is 13.9. The smallest absolute Gasteiger partial charge is 0.245 e. The second-order valence-corrected chi connectivity index (χ2v) is 9.07. The van der Waals surface area contributed by atoms with Crippen molar-refractivity contribution in [2.45, 2.75) is 10.9 Å². The van der Waals surface area contributed by atoms with Gasteiger partial charge in [-0.15, -0.1) is 0 Å². The number of carbonyl (C=O) groups excluding carboxylic acids is 3. The van der Waals surface area contributed by atoms with E-state index in [2.05, 4.69) is 5.32 Å². The first kappa shape index (κ1) is 22.4. The van der Waals surface area contributed by atoms with E-state index >= 15 is 0 Å². The number of fused-ring (bicyclic) bond motifs is 1. The Morgan fingerprint density at radius 2 is 1.61 bits per heavy atom. The Kier molecular flexibility index (Phi) is 5.88. The summed E-state index contributed by atoms with van der Waals surface area (Å²) >= 11 is 0. The van der Waals surface area contributed by atoms with Crippen LogP contribution < -0.4 is 5.32 Å². The van der Waals surface area contributed by atoms with Crippen LogP contribution in [0.3, 0.4) is 0 Å². The van der Waals surface area contributed by atoms with Crippen LogP contribution in [0.5, 0.6) is 0 Å². The molecule has 168 valence electrons. The molecule has 0 saturated heterocycles. The summed E-state index contributed by atoms with van der Waals surface area (Å²) < 4.78 is 54.2. The van der Waals surface area contributed by atoms with Crippen molar-refractivity contribution in [3.63, 3.8) is 0 Å². The summed E-state index contributed by atoms with van der Waals surface area (Å²) in [5.41, 5.74) is -0.457. The second-order valence-electron chi connectivity index (χ2n) is 7.22. The van der Waals surface area contributed by atoms with Crippen LogP contribution in [0.4, 0.5) is 14.5 Å². The zero-order valence-corrected chi connectivity index (χ0v) is 17.7. The summed E-state index contributed by atoms with van der Waals surface area (Å²) in [6.07, 6.45) is 0. The third-order valence-corrected chi connectivity index (χ3v) is 6.96. The molecule has 1 amide bonds. The Labute approximate surface area is 187 Å². The van der Waals surface area contributed by atoms with Crippen molar-refractivity contribution in [3.8, 4) is 0 Å². The van der Waals surface area contributed by atoms with Crippen LogP contribution >= 0.6 is 0 Å². The molecule has 3 aromatic rings. The fraction of sp³-hybridized carbons (Fsp3) is 0.0870. The third kappa shape index (κ3) is 4.18. The largest absolute Gasteiger partial charge is 0.322 e.